The van der Waals surface area contributed by atoms with Crippen molar-refractivity contribution in [1.82, 2.24) is 9.88 Å². The lowest BCUT2D eigenvalue weighted by Crippen LogP contribution is -2.26. The van der Waals surface area contributed by atoms with Crippen LogP contribution in [0.25, 0.3) is 11.5 Å². The fraction of sp³-hybridized carbons (Fsp3) is 0.333. The van der Waals surface area contributed by atoms with E-state index < -0.39 is 6.09 Å². The van der Waals surface area contributed by atoms with Crippen LogP contribution in [0.1, 0.15) is 29.9 Å². The summed E-state index contributed by atoms with van der Waals surface area (Å²) in [6, 6.07) is 17.9. The van der Waals surface area contributed by atoms with Crippen LogP contribution >= 0.6 is 0 Å². The number of carbonyl (C=O) groups is 1. The van der Waals surface area contributed by atoms with Crippen molar-refractivity contribution < 1.29 is 19.1 Å². The lowest BCUT2D eigenvalue weighted by atomic mass is 9.99. The molecular weight excluding hydrogens is 380 g/mol. The van der Waals surface area contributed by atoms with Gasteiger partial charge in [-0.2, -0.15) is 0 Å². The molecule has 0 bridgehead atoms. The summed E-state index contributed by atoms with van der Waals surface area (Å²) in [5, 5.41) is 9.09. The Balaban J connectivity index is 1.33. The van der Waals surface area contributed by atoms with Gasteiger partial charge in [-0.1, -0.05) is 30.3 Å². The fourth-order valence-electron chi connectivity index (χ4n) is 3.82. The molecule has 0 aliphatic carbocycles. The second-order valence-corrected chi connectivity index (χ2v) is 7.75. The molecule has 4 rings (SSSR count). The Morgan fingerprint density at radius 2 is 2.07 bits per heavy atom. The molecule has 0 unspecified atom stereocenters. The number of aromatic nitrogens is 1. The smallest absolute Gasteiger partial charge is 0.407 e. The lowest BCUT2D eigenvalue weighted by Gasteiger charge is -2.12. The maximum absolute atomic E-state index is 11.1. The number of benzene rings is 2. The molecule has 1 atom stereocenters. The van der Waals surface area contributed by atoms with Gasteiger partial charge in [-0.05, 0) is 61.9 Å². The number of carboxylic acid groups (broad SMARTS) is 1. The van der Waals surface area contributed by atoms with Gasteiger partial charge >= 0.3 is 6.09 Å². The number of likely N-dealkylation sites (tertiary alicyclic amines) is 1. The van der Waals surface area contributed by atoms with E-state index in [1.165, 1.54) is 10.5 Å². The first kappa shape index (κ1) is 20.0. The molecule has 1 aliphatic rings. The first-order chi connectivity index (χ1) is 14.6. The van der Waals surface area contributed by atoms with Gasteiger partial charge in [0, 0.05) is 18.7 Å². The number of rotatable bonds is 7. The maximum Gasteiger partial charge on any atom is 0.407 e. The summed E-state index contributed by atoms with van der Waals surface area (Å²) in [7, 11) is 0. The van der Waals surface area contributed by atoms with E-state index in [1.807, 2.05) is 49.4 Å². The van der Waals surface area contributed by atoms with Gasteiger partial charge in [-0.25, -0.2) is 9.78 Å². The molecule has 6 nitrogen and oxygen atoms in total. The SMILES string of the molecule is Cc1oc(-c2ccccc2)nc1COc1cccc(CC[C@H]2CCN(C(=O)O)C2)c1. The average Bonchev–Trinajstić information content (AvgIpc) is 3.39. The monoisotopic (exact) mass is 406 g/mol. The predicted molar refractivity (Wildman–Crippen MR) is 113 cm³/mol. The number of nitrogens with zero attached hydrogens (tertiary/aromatic N) is 2. The van der Waals surface area contributed by atoms with Crippen LogP contribution in [0.4, 0.5) is 4.79 Å². The van der Waals surface area contributed by atoms with E-state index in [0.29, 0.717) is 31.5 Å². The summed E-state index contributed by atoms with van der Waals surface area (Å²) in [6.45, 7) is 3.53. The van der Waals surface area contributed by atoms with E-state index in [-0.39, 0.29) is 0 Å². The van der Waals surface area contributed by atoms with Crippen LogP contribution in [0, 0.1) is 12.8 Å². The highest BCUT2D eigenvalue weighted by atomic mass is 16.5. The predicted octanol–water partition coefficient (Wildman–Crippen LogP) is 5.16. The molecule has 1 N–H and O–H groups in total. The van der Waals surface area contributed by atoms with Crippen LogP contribution < -0.4 is 4.74 Å². The third kappa shape index (κ3) is 4.82. The van der Waals surface area contributed by atoms with E-state index >= 15 is 0 Å². The van der Waals surface area contributed by atoms with Gasteiger partial charge in [-0.15, -0.1) is 0 Å². The van der Waals surface area contributed by atoms with Crippen LogP contribution in [0.3, 0.4) is 0 Å². The zero-order valence-corrected chi connectivity index (χ0v) is 17.1. The first-order valence-electron chi connectivity index (χ1n) is 10.3. The van der Waals surface area contributed by atoms with Gasteiger partial charge in [0.15, 0.2) is 0 Å². The Morgan fingerprint density at radius 3 is 2.83 bits per heavy atom. The third-order valence-electron chi connectivity index (χ3n) is 5.59. The molecule has 0 saturated carbocycles. The average molecular weight is 406 g/mol. The van der Waals surface area contributed by atoms with E-state index in [2.05, 4.69) is 17.1 Å². The number of amides is 1. The summed E-state index contributed by atoms with van der Waals surface area (Å²) in [5.41, 5.74) is 2.93. The molecule has 2 aromatic carbocycles. The number of hydrogen-bond acceptors (Lipinski definition) is 4. The summed E-state index contributed by atoms with van der Waals surface area (Å²) < 4.78 is 11.8. The van der Waals surface area contributed by atoms with E-state index in [1.54, 1.807) is 0 Å². The zero-order valence-electron chi connectivity index (χ0n) is 17.1. The quantitative estimate of drug-likeness (QED) is 0.586. The van der Waals surface area contributed by atoms with Crippen molar-refractivity contribution in [3.05, 3.63) is 71.6 Å². The molecule has 1 amide bonds. The minimum absolute atomic E-state index is 0.349. The molecule has 2 heterocycles. The largest absolute Gasteiger partial charge is 0.487 e. The second kappa shape index (κ2) is 9.03. The molecule has 0 spiro atoms. The second-order valence-electron chi connectivity index (χ2n) is 7.75. The fourth-order valence-corrected chi connectivity index (χ4v) is 3.82. The number of oxazole rings is 1. The van der Waals surface area contributed by atoms with Gasteiger partial charge in [0.2, 0.25) is 5.89 Å². The van der Waals surface area contributed by atoms with Gasteiger partial charge in [0.1, 0.15) is 23.8 Å². The number of hydrogen-bond donors (Lipinski definition) is 1. The van der Waals surface area contributed by atoms with Gasteiger partial charge in [0.25, 0.3) is 0 Å². The van der Waals surface area contributed by atoms with Crippen molar-refractivity contribution in [1.29, 1.82) is 0 Å². The highest BCUT2D eigenvalue weighted by molar-refractivity contribution is 5.65. The standard InChI is InChI=1S/C24H26N2O4/c1-17-22(25-23(30-17)20-7-3-2-4-8-20)16-29-21-9-5-6-18(14-21)10-11-19-12-13-26(15-19)24(27)28/h2-9,14,19H,10-13,15-16H2,1H3,(H,27,28)/t19-/m0/s1. The number of aryl methyl sites for hydroxylation is 2. The highest BCUT2D eigenvalue weighted by Gasteiger charge is 2.25. The molecule has 1 fully saturated rings. The van der Waals surface area contributed by atoms with E-state index in [0.717, 1.165) is 42.0 Å². The van der Waals surface area contributed by atoms with Crippen LogP contribution in [-0.4, -0.2) is 34.2 Å². The zero-order chi connectivity index (χ0) is 20.9. The van der Waals surface area contributed by atoms with Crippen LogP contribution in [0.15, 0.2) is 59.0 Å². The molecule has 30 heavy (non-hydrogen) atoms. The topological polar surface area (TPSA) is 75.8 Å². The normalized spacial score (nSPS) is 16.0. The minimum atomic E-state index is -0.813. The highest BCUT2D eigenvalue weighted by Crippen LogP contribution is 2.25. The summed E-state index contributed by atoms with van der Waals surface area (Å²) in [6.07, 6.45) is 2.02. The van der Waals surface area contributed by atoms with Crippen molar-refractivity contribution in [3.8, 4) is 17.2 Å². The molecule has 1 saturated heterocycles. The Labute approximate surface area is 176 Å². The van der Waals surface area contributed by atoms with Crippen molar-refractivity contribution in [2.24, 2.45) is 5.92 Å². The van der Waals surface area contributed by atoms with Crippen LogP contribution in [0.5, 0.6) is 5.75 Å². The molecule has 156 valence electrons. The van der Waals surface area contributed by atoms with Crippen molar-refractivity contribution >= 4 is 6.09 Å². The Kier molecular flexibility index (Phi) is 6.02. The van der Waals surface area contributed by atoms with Crippen LogP contribution in [0.2, 0.25) is 0 Å². The molecule has 1 aromatic heterocycles. The molecule has 3 aromatic rings. The van der Waals surface area contributed by atoms with Crippen molar-refractivity contribution in [3.63, 3.8) is 0 Å². The Morgan fingerprint density at radius 1 is 1.23 bits per heavy atom. The Bertz CT molecular complexity index is 999. The first-order valence-corrected chi connectivity index (χ1v) is 10.3. The van der Waals surface area contributed by atoms with Crippen molar-refractivity contribution in [2.75, 3.05) is 13.1 Å². The maximum atomic E-state index is 11.1. The number of ether oxygens (including phenoxy) is 1. The van der Waals surface area contributed by atoms with Gasteiger partial charge < -0.3 is 19.2 Å². The van der Waals surface area contributed by atoms with Crippen molar-refractivity contribution in [2.45, 2.75) is 32.8 Å². The molecule has 0 radical (unpaired) electrons. The molecule has 6 heteroatoms. The summed E-state index contributed by atoms with van der Waals surface area (Å²) in [4.78, 5) is 17.1. The van der Waals surface area contributed by atoms with Crippen LogP contribution in [-0.2, 0) is 13.0 Å². The van der Waals surface area contributed by atoms with Gasteiger partial charge in [0.05, 0.1) is 0 Å². The van der Waals surface area contributed by atoms with E-state index in [4.69, 9.17) is 14.3 Å². The van der Waals surface area contributed by atoms with E-state index in [9.17, 15) is 4.79 Å². The molecular formula is C24H26N2O4. The lowest BCUT2D eigenvalue weighted by molar-refractivity contribution is 0.154. The summed E-state index contributed by atoms with van der Waals surface area (Å²) in [5.74, 6) is 2.59. The summed E-state index contributed by atoms with van der Waals surface area (Å²) >= 11 is 0. The molecule has 1 aliphatic heterocycles. The Hall–Kier alpha value is -3.28. The van der Waals surface area contributed by atoms with Gasteiger partial charge in [-0.3, -0.25) is 0 Å². The minimum Gasteiger partial charge on any atom is -0.487 e. The third-order valence-corrected chi connectivity index (χ3v) is 5.59.